The molecule has 0 saturated carbocycles. The van der Waals surface area contributed by atoms with E-state index in [4.69, 9.17) is 15.8 Å². The van der Waals surface area contributed by atoms with Gasteiger partial charge in [-0.2, -0.15) is 0 Å². The number of hydrogen-bond donors (Lipinski definition) is 3. The number of fused-ring (bicyclic) bond motifs is 1. The Morgan fingerprint density at radius 1 is 1.12 bits per heavy atom. The van der Waals surface area contributed by atoms with E-state index < -0.39 is 12.1 Å². The smallest absolute Gasteiger partial charge is 0.0964 e. The minimum atomic E-state index is -0.679. The molecule has 4 rings (SSSR count). The molecule has 1 aliphatic carbocycles. The van der Waals surface area contributed by atoms with Crippen LogP contribution in [0.15, 0.2) is 23.6 Å². The molecule has 4 N–H and O–H groups in total. The monoisotopic (exact) mass is 457 g/mol. The standard InChI is InChI=1S/C26H39N3O2S/c1-25(2)9-10-26(3,4)20-13-18(5-6-19(20)25)22-16-32-24(28-22)17-7-11-29(12-8-17)14-23(31)21(27)15-30/h5-6,13,16-17,21,23,30-31H,7-12,14-15,27H2,1-4H3/t21-,23-/m0/s1. The molecule has 2 aliphatic rings. The van der Waals surface area contributed by atoms with Gasteiger partial charge in [-0.1, -0.05) is 39.8 Å². The maximum Gasteiger partial charge on any atom is 0.0964 e. The summed E-state index contributed by atoms with van der Waals surface area (Å²) in [6.45, 7) is 11.7. The van der Waals surface area contributed by atoms with Crippen LogP contribution in [-0.2, 0) is 10.8 Å². The lowest BCUT2D eigenvalue weighted by atomic mass is 9.63. The van der Waals surface area contributed by atoms with E-state index in [9.17, 15) is 5.11 Å². The molecule has 0 radical (unpaired) electrons. The molecule has 2 atom stereocenters. The van der Waals surface area contributed by atoms with Crippen LogP contribution in [0.4, 0.5) is 0 Å². The molecule has 0 amide bonds. The van der Waals surface area contributed by atoms with E-state index in [1.807, 2.05) is 0 Å². The van der Waals surface area contributed by atoms with Crippen molar-refractivity contribution in [2.45, 2.75) is 82.3 Å². The number of nitrogens with zero attached hydrogens (tertiary/aromatic N) is 2. The van der Waals surface area contributed by atoms with Crippen molar-refractivity contribution < 1.29 is 10.2 Å². The van der Waals surface area contributed by atoms with Gasteiger partial charge >= 0.3 is 0 Å². The molecule has 2 heterocycles. The predicted molar refractivity (Wildman–Crippen MR) is 132 cm³/mol. The molecule has 176 valence electrons. The van der Waals surface area contributed by atoms with E-state index in [0.717, 1.165) is 31.6 Å². The van der Waals surface area contributed by atoms with Gasteiger partial charge in [0.15, 0.2) is 0 Å². The fourth-order valence-electron chi connectivity index (χ4n) is 5.24. The lowest BCUT2D eigenvalue weighted by Crippen LogP contribution is -2.47. The summed E-state index contributed by atoms with van der Waals surface area (Å²) in [5.74, 6) is 0.474. The fraction of sp³-hybridized carbons (Fsp3) is 0.654. The number of nitrogens with two attached hydrogens (primary N) is 1. The highest BCUT2D eigenvalue weighted by molar-refractivity contribution is 7.10. The Hall–Kier alpha value is -1.31. The summed E-state index contributed by atoms with van der Waals surface area (Å²) >= 11 is 1.78. The van der Waals surface area contributed by atoms with Crippen LogP contribution in [-0.4, -0.2) is 58.5 Å². The highest BCUT2D eigenvalue weighted by Gasteiger charge is 2.37. The van der Waals surface area contributed by atoms with E-state index in [-0.39, 0.29) is 17.4 Å². The van der Waals surface area contributed by atoms with Crippen LogP contribution in [0.3, 0.4) is 0 Å². The van der Waals surface area contributed by atoms with E-state index >= 15 is 0 Å². The summed E-state index contributed by atoms with van der Waals surface area (Å²) in [6.07, 6.45) is 3.85. The number of thiazole rings is 1. The van der Waals surface area contributed by atoms with Crippen LogP contribution in [0.5, 0.6) is 0 Å². The molecule has 32 heavy (non-hydrogen) atoms. The molecule has 1 aromatic carbocycles. The summed E-state index contributed by atoms with van der Waals surface area (Å²) in [5, 5.41) is 22.7. The van der Waals surface area contributed by atoms with Gasteiger partial charge in [0.1, 0.15) is 0 Å². The molecular weight excluding hydrogens is 418 g/mol. The predicted octanol–water partition coefficient (Wildman–Crippen LogP) is 4.02. The topological polar surface area (TPSA) is 82.6 Å². The number of β-amino-alcohol motifs (C(OH)–C–C–N with tert-alkyl or cyclic N) is 1. The third-order valence-electron chi connectivity index (χ3n) is 7.76. The van der Waals surface area contributed by atoms with Gasteiger partial charge < -0.3 is 20.8 Å². The summed E-state index contributed by atoms with van der Waals surface area (Å²) in [6, 6.07) is 6.42. The highest BCUT2D eigenvalue weighted by atomic mass is 32.1. The summed E-state index contributed by atoms with van der Waals surface area (Å²) in [7, 11) is 0. The van der Waals surface area contributed by atoms with Gasteiger partial charge in [-0.05, 0) is 66.8 Å². The van der Waals surface area contributed by atoms with Crippen molar-refractivity contribution in [1.82, 2.24) is 9.88 Å². The molecule has 1 aliphatic heterocycles. The van der Waals surface area contributed by atoms with Gasteiger partial charge in [-0.3, -0.25) is 0 Å². The zero-order valence-electron chi connectivity index (χ0n) is 20.0. The van der Waals surface area contributed by atoms with Crippen molar-refractivity contribution in [2.75, 3.05) is 26.2 Å². The van der Waals surface area contributed by atoms with Crippen molar-refractivity contribution in [3.05, 3.63) is 39.7 Å². The third kappa shape index (κ3) is 4.80. The highest BCUT2D eigenvalue weighted by Crippen LogP contribution is 2.47. The molecule has 0 spiro atoms. The maximum absolute atomic E-state index is 10.1. The Morgan fingerprint density at radius 3 is 2.44 bits per heavy atom. The Labute approximate surface area is 196 Å². The van der Waals surface area contributed by atoms with Crippen molar-refractivity contribution in [3.63, 3.8) is 0 Å². The van der Waals surface area contributed by atoms with Gasteiger partial charge in [0, 0.05) is 23.4 Å². The Balaban J connectivity index is 1.45. The average Bonchev–Trinajstić information content (AvgIpc) is 3.27. The van der Waals surface area contributed by atoms with E-state index in [0.29, 0.717) is 12.5 Å². The van der Waals surface area contributed by atoms with Gasteiger partial charge in [0.2, 0.25) is 0 Å². The van der Waals surface area contributed by atoms with Crippen LogP contribution in [0.1, 0.15) is 75.4 Å². The van der Waals surface area contributed by atoms with Gasteiger partial charge in [-0.15, -0.1) is 11.3 Å². The number of rotatable bonds is 6. The number of likely N-dealkylation sites (tertiary alicyclic amines) is 1. The summed E-state index contributed by atoms with van der Waals surface area (Å²) in [4.78, 5) is 7.31. The summed E-state index contributed by atoms with van der Waals surface area (Å²) in [5.41, 5.74) is 11.5. The van der Waals surface area contributed by atoms with Crippen molar-refractivity contribution in [3.8, 4) is 11.3 Å². The molecule has 0 bridgehead atoms. The Kier molecular flexibility index (Phi) is 6.81. The first-order valence-corrected chi connectivity index (χ1v) is 12.9. The number of aliphatic hydroxyl groups is 2. The molecular formula is C26H39N3O2S. The van der Waals surface area contributed by atoms with E-state index in [1.165, 1.54) is 34.5 Å². The zero-order valence-corrected chi connectivity index (χ0v) is 20.8. The van der Waals surface area contributed by atoms with Crippen molar-refractivity contribution in [2.24, 2.45) is 5.73 Å². The lowest BCUT2D eigenvalue weighted by Gasteiger charge is -2.42. The second kappa shape index (κ2) is 9.15. The first-order valence-electron chi connectivity index (χ1n) is 12.0. The molecule has 5 nitrogen and oxygen atoms in total. The maximum atomic E-state index is 10.1. The van der Waals surface area contributed by atoms with Gasteiger partial charge in [0.25, 0.3) is 0 Å². The number of aromatic nitrogens is 1. The second-order valence-electron chi connectivity index (χ2n) is 11.1. The first-order chi connectivity index (χ1) is 15.1. The third-order valence-corrected chi connectivity index (χ3v) is 8.76. The fourth-order valence-corrected chi connectivity index (χ4v) is 6.24. The van der Waals surface area contributed by atoms with Gasteiger partial charge in [-0.25, -0.2) is 4.98 Å². The summed E-state index contributed by atoms with van der Waals surface area (Å²) < 4.78 is 0. The Morgan fingerprint density at radius 2 is 1.78 bits per heavy atom. The van der Waals surface area contributed by atoms with Crippen LogP contribution in [0.25, 0.3) is 11.3 Å². The number of aliphatic hydroxyl groups excluding tert-OH is 2. The van der Waals surface area contributed by atoms with Gasteiger partial charge in [0.05, 0.1) is 29.5 Å². The van der Waals surface area contributed by atoms with E-state index in [2.05, 4.69) is 56.2 Å². The molecule has 1 aromatic heterocycles. The van der Waals surface area contributed by atoms with Crippen LogP contribution >= 0.6 is 11.3 Å². The minimum Gasteiger partial charge on any atom is -0.395 e. The molecule has 1 saturated heterocycles. The quantitative estimate of drug-likeness (QED) is 0.610. The normalized spacial score (nSPS) is 23.0. The Bertz CT molecular complexity index is 931. The first kappa shape index (κ1) is 23.8. The average molecular weight is 458 g/mol. The molecule has 1 fully saturated rings. The van der Waals surface area contributed by atoms with Crippen molar-refractivity contribution in [1.29, 1.82) is 0 Å². The SMILES string of the molecule is CC1(C)CCC(C)(C)c2cc(-c3csc(C4CCN(C[C@H](O)[C@@H](N)CO)CC4)n3)ccc21. The van der Waals surface area contributed by atoms with Crippen molar-refractivity contribution >= 4 is 11.3 Å². The molecule has 0 unspecified atom stereocenters. The van der Waals surface area contributed by atoms with Crippen LogP contribution in [0, 0.1) is 0 Å². The lowest BCUT2D eigenvalue weighted by molar-refractivity contribution is 0.0607. The largest absolute Gasteiger partial charge is 0.395 e. The second-order valence-corrected chi connectivity index (χ2v) is 12.0. The van der Waals surface area contributed by atoms with Crippen LogP contribution in [0.2, 0.25) is 0 Å². The number of benzene rings is 1. The van der Waals surface area contributed by atoms with Crippen LogP contribution < -0.4 is 5.73 Å². The molecule has 6 heteroatoms. The number of hydrogen-bond acceptors (Lipinski definition) is 6. The molecule has 2 aromatic rings. The zero-order chi connectivity index (χ0) is 23.1. The minimum absolute atomic E-state index is 0.184. The number of piperidine rings is 1. The van der Waals surface area contributed by atoms with E-state index in [1.54, 1.807) is 11.3 Å².